The van der Waals surface area contributed by atoms with E-state index in [1.165, 1.54) is 5.56 Å². The fraction of sp³-hybridized carbons (Fsp3) is 0.350. The van der Waals surface area contributed by atoms with E-state index in [1.807, 2.05) is 37.3 Å². The van der Waals surface area contributed by atoms with E-state index in [1.54, 1.807) is 0 Å². The lowest BCUT2D eigenvalue weighted by Crippen LogP contribution is -2.64. The lowest BCUT2D eigenvalue weighted by Gasteiger charge is -2.52. The Balaban J connectivity index is 1.71. The zero-order chi connectivity index (χ0) is 17.4. The average Bonchev–Trinajstić information content (AvgIpc) is 2.60. The van der Waals surface area contributed by atoms with Gasteiger partial charge in [0.15, 0.2) is 22.3 Å². The Bertz CT molecular complexity index is 796. The average molecular weight is 354 g/mol. The highest BCUT2D eigenvalue weighted by Gasteiger charge is 2.48. The van der Waals surface area contributed by atoms with Crippen molar-refractivity contribution in [2.75, 3.05) is 6.61 Å². The first-order valence-electron chi connectivity index (χ1n) is 8.67. The Kier molecular flexibility index (Phi) is 4.04. The second kappa shape index (κ2) is 6.23. The SMILES string of the molecule is CCOc1cccc2c1O[C@@]1(C)C[C@H]2NC(=S)N1Cc1ccccc1. The molecule has 25 heavy (non-hydrogen) atoms. The minimum absolute atomic E-state index is 0.147. The first kappa shape index (κ1) is 16.2. The van der Waals surface area contributed by atoms with Crippen molar-refractivity contribution in [2.45, 2.75) is 38.6 Å². The van der Waals surface area contributed by atoms with Gasteiger partial charge in [0.25, 0.3) is 0 Å². The standard InChI is InChI=1S/C20H22N2O2S/c1-3-23-17-11-7-10-15-16-12-20(2,24-18(15)17)22(19(25)21-16)13-14-8-5-4-6-9-14/h4-11,16H,3,12-13H2,1-2H3,(H,21,25)/t16-,20+/m1/s1. The highest BCUT2D eigenvalue weighted by atomic mass is 32.1. The number of hydrogen-bond donors (Lipinski definition) is 1. The molecule has 1 fully saturated rings. The molecule has 2 aromatic carbocycles. The third-order valence-electron chi connectivity index (χ3n) is 4.89. The maximum absolute atomic E-state index is 6.50. The summed E-state index contributed by atoms with van der Waals surface area (Å²) in [6.07, 6.45) is 0.836. The summed E-state index contributed by atoms with van der Waals surface area (Å²) in [4.78, 5) is 2.14. The lowest BCUT2D eigenvalue weighted by molar-refractivity contribution is -0.0738. The Morgan fingerprint density at radius 2 is 2.04 bits per heavy atom. The summed E-state index contributed by atoms with van der Waals surface area (Å²) < 4.78 is 12.3. The lowest BCUT2D eigenvalue weighted by atomic mass is 9.90. The molecule has 2 aromatic rings. The molecule has 0 unspecified atom stereocenters. The summed E-state index contributed by atoms with van der Waals surface area (Å²) in [6.45, 7) is 5.42. The van der Waals surface area contributed by atoms with Crippen LogP contribution < -0.4 is 14.8 Å². The fourth-order valence-electron chi connectivity index (χ4n) is 3.68. The van der Waals surface area contributed by atoms with Crippen LogP contribution in [0, 0.1) is 0 Å². The van der Waals surface area contributed by atoms with Crippen molar-refractivity contribution < 1.29 is 9.47 Å². The van der Waals surface area contributed by atoms with E-state index < -0.39 is 5.72 Å². The van der Waals surface area contributed by atoms with Gasteiger partial charge in [0, 0.05) is 18.5 Å². The van der Waals surface area contributed by atoms with Crippen LogP contribution in [-0.4, -0.2) is 22.3 Å². The van der Waals surface area contributed by atoms with Gasteiger partial charge in [-0.3, -0.25) is 0 Å². The second-order valence-electron chi connectivity index (χ2n) is 6.66. The van der Waals surface area contributed by atoms with Crippen LogP contribution in [0.2, 0.25) is 0 Å². The predicted octanol–water partition coefficient (Wildman–Crippen LogP) is 4.02. The number of nitrogens with zero attached hydrogens (tertiary/aromatic N) is 1. The molecule has 130 valence electrons. The largest absolute Gasteiger partial charge is 0.490 e. The summed E-state index contributed by atoms with van der Waals surface area (Å²) in [7, 11) is 0. The van der Waals surface area contributed by atoms with E-state index in [4.69, 9.17) is 21.7 Å². The van der Waals surface area contributed by atoms with Gasteiger partial charge in [-0.2, -0.15) is 0 Å². The molecular weight excluding hydrogens is 332 g/mol. The van der Waals surface area contributed by atoms with Crippen LogP contribution in [-0.2, 0) is 6.54 Å². The van der Waals surface area contributed by atoms with Crippen molar-refractivity contribution in [3.05, 3.63) is 59.7 Å². The Morgan fingerprint density at radius 1 is 1.24 bits per heavy atom. The molecule has 1 saturated heterocycles. The molecule has 0 saturated carbocycles. The molecule has 2 bridgehead atoms. The molecule has 2 aliphatic rings. The van der Waals surface area contributed by atoms with Gasteiger partial charge >= 0.3 is 0 Å². The first-order chi connectivity index (χ1) is 12.1. The maximum atomic E-state index is 6.50. The van der Waals surface area contributed by atoms with Crippen LogP contribution in [0.5, 0.6) is 11.5 Å². The zero-order valence-electron chi connectivity index (χ0n) is 14.5. The number of nitrogens with one attached hydrogen (secondary N) is 1. The van der Waals surface area contributed by atoms with E-state index in [-0.39, 0.29) is 6.04 Å². The van der Waals surface area contributed by atoms with Crippen LogP contribution in [0.3, 0.4) is 0 Å². The summed E-state index contributed by atoms with van der Waals surface area (Å²) in [5.41, 5.74) is 1.83. The van der Waals surface area contributed by atoms with Crippen molar-refractivity contribution in [3.63, 3.8) is 0 Å². The van der Waals surface area contributed by atoms with E-state index in [2.05, 4.69) is 35.3 Å². The van der Waals surface area contributed by atoms with E-state index in [0.29, 0.717) is 13.2 Å². The van der Waals surface area contributed by atoms with Crippen LogP contribution in [0.25, 0.3) is 0 Å². The van der Waals surface area contributed by atoms with Gasteiger partial charge in [0.1, 0.15) is 0 Å². The van der Waals surface area contributed by atoms with Crippen LogP contribution in [0.1, 0.15) is 37.4 Å². The van der Waals surface area contributed by atoms with Gasteiger partial charge in [-0.1, -0.05) is 42.5 Å². The quantitative estimate of drug-likeness (QED) is 0.839. The molecule has 0 radical (unpaired) electrons. The summed E-state index contributed by atoms with van der Waals surface area (Å²) in [5, 5.41) is 4.22. The summed E-state index contributed by atoms with van der Waals surface area (Å²) in [6, 6.07) is 16.6. The molecule has 1 N–H and O–H groups in total. The third-order valence-corrected chi connectivity index (χ3v) is 5.23. The number of hydrogen-bond acceptors (Lipinski definition) is 3. The Hall–Kier alpha value is -2.27. The Labute approximate surface area is 153 Å². The summed E-state index contributed by atoms with van der Waals surface area (Å²) in [5.74, 6) is 1.63. The molecule has 0 amide bonds. The van der Waals surface area contributed by atoms with Crippen molar-refractivity contribution in [1.82, 2.24) is 10.2 Å². The van der Waals surface area contributed by atoms with E-state index in [9.17, 15) is 0 Å². The van der Waals surface area contributed by atoms with Crippen molar-refractivity contribution in [1.29, 1.82) is 0 Å². The van der Waals surface area contributed by atoms with Gasteiger partial charge in [0.2, 0.25) is 0 Å². The van der Waals surface area contributed by atoms with E-state index in [0.717, 1.165) is 28.6 Å². The normalized spacial score (nSPS) is 24.2. The van der Waals surface area contributed by atoms with Gasteiger partial charge < -0.3 is 19.7 Å². The topological polar surface area (TPSA) is 33.7 Å². The van der Waals surface area contributed by atoms with Crippen LogP contribution in [0.15, 0.2) is 48.5 Å². The van der Waals surface area contributed by atoms with Gasteiger partial charge in [0.05, 0.1) is 12.6 Å². The molecule has 0 spiro atoms. The molecule has 4 nitrogen and oxygen atoms in total. The number of para-hydroxylation sites is 1. The van der Waals surface area contributed by atoms with E-state index >= 15 is 0 Å². The monoisotopic (exact) mass is 354 g/mol. The molecule has 0 aliphatic carbocycles. The van der Waals surface area contributed by atoms with Crippen LogP contribution in [0.4, 0.5) is 0 Å². The number of rotatable bonds is 4. The number of benzene rings is 2. The predicted molar refractivity (Wildman–Crippen MR) is 102 cm³/mol. The minimum Gasteiger partial charge on any atom is -0.490 e. The van der Waals surface area contributed by atoms with Crippen molar-refractivity contribution in [2.24, 2.45) is 0 Å². The van der Waals surface area contributed by atoms with Crippen LogP contribution >= 0.6 is 12.2 Å². The molecule has 2 aliphatic heterocycles. The number of thiocarbonyl (C=S) groups is 1. The van der Waals surface area contributed by atoms with Crippen molar-refractivity contribution in [3.8, 4) is 11.5 Å². The smallest absolute Gasteiger partial charge is 0.184 e. The van der Waals surface area contributed by atoms with Gasteiger partial charge in [-0.25, -0.2) is 0 Å². The Morgan fingerprint density at radius 3 is 2.80 bits per heavy atom. The number of ether oxygens (including phenoxy) is 2. The van der Waals surface area contributed by atoms with Gasteiger partial charge in [-0.05, 0) is 37.7 Å². The molecule has 0 aromatic heterocycles. The molecule has 4 rings (SSSR count). The first-order valence-corrected chi connectivity index (χ1v) is 9.08. The molecular formula is C20H22N2O2S. The zero-order valence-corrected chi connectivity index (χ0v) is 15.3. The third kappa shape index (κ3) is 2.82. The highest BCUT2D eigenvalue weighted by Crippen LogP contribution is 2.48. The molecule has 5 heteroatoms. The maximum Gasteiger partial charge on any atom is 0.184 e. The molecule has 2 heterocycles. The minimum atomic E-state index is -0.497. The summed E-state index contributed by atoms with van der Waals surface area (Å²) >= 11 is 5.67. The number of fused-ring (bicyclic) bond motifs is 4. The van der Waals surface area contributed by atoms with Crippen molar-refractivity contribution >= 4 is 17.3 Å². The highest BCUT2D eigenvalue weighted by molar-refractivity contribution is 7.80. The second-order valence-corrected chi connectivity index (χ2v) is 7.05. The van der Waals surface area contributed by atoms with Gasteiger partial charge in [-0.15, -0.1) is 0 Å². The fourth-order valence-corrected chi connectivity index (χ4v) is 4.08. The molecule has 2 atom stereocenters.